The Morgan fingerprint density at radius 2 is 1.95 bits per heavy atom. The van der Waals surface area contributed by atoms with Crippen molar-refractivity contribution in [2.45, 2.75) is 18.6 Å². The minimum Gasteiger partial charge on any atom is -0.469 e. The largest absolute Gasteiger partial charge is 0.469 e. The molecule has 19 heavy (non-hydrogen) atoms. The van der Waals surface area contributed by atoms with E-state index in [0.29, 0.717) is 5.56 Å². The van der Waals surface area contributed by atoms with Gasteiger partial charge >= 0.3 is 5.97 Å². The van der Waals surface area contributed by atoms with Gasteiger partial charge in [-0.2, -0.15) is 0 Å². The second kappa shape index (κ2) is 5.82. The highest BCUT2D eigenvalue weighted by Crippen LogP contribution is 2.23. The van der Waals surface area contributed by atoms with Crippen molar-refractivity contribution in [2.24, 2.45) is 5.73 Å². The molecule has 0 radical (unpaired) electrons. The number of carbonyl (C=O) groups is 1. The molecule has 4 nitrogen and oxygen atoms in total. The Kier molecular flexibility index (Phi) is 4.14. The van der Waals surface area contributed by atoms with Crippen LogP contribution in [0.1, 0.15) is 18.1 Å². The van der Waals surface area contributed by atoms with Crippen molar-refractivity contribution in [3.8, 4) is 0 Å². The molecule has 0 aromatic heterocycles. The van der Waals surface area contributed by atoms with Crippen LogP contribution in [0.4, 0.5) is 0 Å². The van der Waals surface area contributed by atoms with Gasteiger partial charge in [0.15, 0.2) is 0 Å². The van der Waals surface area contributed by atoms with Crippen LogP contribution in [0.2, 0.25) is 0 Å². The topological polar surface area (TPSA) is 72.5 Å². The molecule has 0 saturated heterocycles. The van der Waals surface area contributed by atoms with E-state index in [0.717, 1.165) is 10.8 Å². The Bertz CT molecular complexity index is 582. The van der Waals surface area contributed by atoms with E-state index in [4.69, 9.17) is 5.73 Å². The quantitative estimate of drug-likeness (QED) is 0.821. The molecule has 0 heterocycles. The number of fused-ring (bicyclic) bond motifs is 1. The van der Waals surface area contributed by atoms with Gasteiger partial charge in [0.25, 0.3) is 0 Å². The monoisotopic (exact) mass is 259 g/mol. The van der Waals surface area contributed by atoms with Crippen LogP contribution in [0, 0.1) is 0 Å². The van der Waals surface area contributed by atoms with Crippen molar-refractivity contribution in [1.29, 1.82) is 0 Å². The number of hydrogen-bond donors (Lipinski definition) is 2. The Hall–Kier alpha value is -1.91. The first kappa shape index (κ1) is 13.5. The first-order chi connectivity index (χ1) is 9.11. The van der Waals surface area contributed by atoms with Gasteiger partial charge in [-0.3, -0.25) is 4.79 Å². The van der Waals surface area contributed by atoms with Crippen molar-refractivity contribution >= 4 is 16.7 Å². The Labute approximate surface area is 111 Å². The number of aliphatic hydroxyl groups excluding tert-OH is 1. The molecule has 2 aromatic rings. The Morgan fingerprint density at radius 1 is 1.26 bits per heavy atom. The maximum atomic E-state index is 11.2. The van der Waals surface area contributed by atoms with Crippen LogP contribution < -0.4 is 5.73 Å². The molecule has 2 aromatic carbocycles. The van der Waals surface area contributed by atoms with E-state index < -0.39 is 18.1 Å². The fourth-order valence-corrected chi connectivity index (χ4v) is 2.03. The molecule has 0 aliphatic rings. The van der Waals surface area contributed by atoms with E-state index in [1.807, 2.05) is 42.5 Å². The molecule has 4 heteroatoms. The molecule has 3 N–H and O–H groups in total. The number of benzene rings is 2. The molecule has 0 aliphatic heterocycles. The number of rotatable bonds is 4. The van der Waals surface area contributed by atoms with Gasteiger partial charge in [-0.15, -0.1) is 0 Å². The fourth-order valence-electron chi connectivity index (χ4n) is 2.03. The Balaban J connectivity index is 2.21. The lowest BCUT2D eigenvalue weighted by Crippen LogP contribution is -2.31. The summed E-state index contributed by atoms with van der Waals surface area (Å²) in [6.45, 7) is 0. The molecule has 2 unspecified atom stereocenters. The van der Waals surface area contributed by atoms with Crippen molar-refractivity contribution < 1.29 is 14.6 Å². The van der Waals surface area contributed by atoms with Gasteiger partial charge in [0, 0.05) is 6.04 Å². The van der Waals surface area contributed by atoms with Crippen LogP contribution in [0.5, 0.6) is 0 Å². The van der Waals surface area contributed by atoms with Crippen LogP contribution >= 0.6 is 0 Å². The smallest absolute Gasteiger partial charge is 0.307 e. The number of hydrogen-bond acceptors (Lipinski definition) is 4. The summed E-state index contributed by atoms with van der Waals surface area (Å²) >= 11 is 0. The lowest BCUT2D eigenvalue weighted by atomic mass is 9.98. The first-order valence-corrected chi connectivity index (χ1v) is 6.11. The molecule has 2 atom stereocenters. The van der Waals surface area contributed by atoms with Gasteiger partial charge in [-0.1, -0.05) is 36.4 Å². The van der Waals surface area contributed by atoms with Crippen LogP contribution in [0.15, 0.2) is 42.5 Å². The second-order valence-electron chi connectivity index (χ2n) is 4.50. The van der Waals surface area contributed by atoms with E-state index in [1.54, 1.807) is 0 Å². The maximum Gasteiger partial charge on any atom is 0.307 e. The normalized spacial score (nSPS) is 14.1. The van der Waals surface area contributed by atoms with Gasteiger partial charge in [-0.05, 0) is 22.4 Å². The van der Waals surface area contributed by atoms with E-state index in [1.165, 1.54) is 7.11 Å². The molecule has 2 rings (SSSR count). The predicted molar refractivity (Wildman–Crippen MR) is 73.5 cm³/mol. The molecule has 0 spiro atoms. The molecular formula is C15H17NO3. The van der Waals surface area contributed by atoms with E-state index in [9.17, 15) is 9.90 Å². The minimum atomic E-state index is -0.885. The van der Waals surface area contributed by atoms with E-state index >= 15 is 0 Å². The van der Waals surface area contributed by atoms with Gasteiger partial charge in [0.1, 0.15) is 0 Å². The van der Waals surface area contributed by atoms with Crippen LogP contribution in [0.25, 0.3) is 10.8 Å². The first-order valence-electron chi connectivity index (χ1n) is 6.11. The number of methoxy groups -OCH3 is 1. The van der Waals surface area contributed by atoms with Gasteiger partial charge in [0.05, 0.1) is 19.6 Å². The molecule has 0 amide bonds. The highest BCUT2D eigenvalue weighted by molar-refractivity contribution is 5.83. The average Bonchev–Trinajstić information content (AvgIpc) is 2.45. The summed E-state index contributed by atoms with van der Waals surface area (Å²) in [5, 5.41) is 12.3. The third-order valence-electron chi connectivity index (χ3n) is 3.15. The van der Waals surface area contributed by atoms with Crippen molar-refractivity contribution in [3.63, 3.8) is 0 Å². The van der Waals surface area contributed by atoms with Crippen molar-refractivity contribution in [1.82, 2.24) is 0 Å². The third kappa shape index (κ3) is 3.10. The van der Waals surface area contributed by atoms with Crippen molar-refractivity contribution in [3.05, 3.63) is 48.0 Å². The maximum absolute atomic E-state index is 11.2. The average molecular weight is 259 g/mol. The lowest BCUT2D eigenvalue weighted by Gasteiger charge is -2.18. The van der Waals surface area contributed by atoms with Gasteiger partial charge in [0.2, 0.25) is 0 Å². The summed E-state index contributed by atoms with van der Waals surface area (Å²) in [6.07, 6.45) is -0.895. The molecule has 100 valence electrons. The molecule has 0 fully saturated rings. The predicted octanol–water partition coefficient (Wildman–Crippen LogP) is 1.76. The van der Waals surface area contributed by atoms with Crippen LogP contribution in [-0.2, 0) is 9.53 Å². The Morgan fingerprint density at radius 3 is 2.63 bits per heavy atom. The third-order valence-corrected chi connectivity index (χ3v) is 3.15. The summed E-state index contributed by atoms with van der Waals surface area (Å²) in [4.78, 5) is 11.2. The second-order valence-corrected chi connectivity index (χ2v) is 4.50. The van der Waals surface area contributed by atoms with E-state index in [2.05, 4.69) is 4.74 Å². The van der Waals surface area contributed by atoms with Crippen LogP contribution in [0.3, 0.4) is 0 Å². The summed E-state index contributed by atoms with van der Waals surface area (Å²) in [7, 11) is 1.30. The number of carbonyl (C=O) groups excluding carboxylic acids is 1. The van der Waals surface area contributed by atoms with Crippen molar-refractivity contribution in [2.75, 3.05) is 7.11 Å². The molecule has 0 aliphatic carbocycles. The lowest BCUT2D eigenvalue weighted by molar-refractivity contribution is -0.141. The standard InChI is InChI=1S/C15H17NO3/c1-19-14(17)9-13(16)15(18)12-7-6-10-4-2-3-5-11(10)8-12/h2-8,13,15,18H,9,16H2,1H3. The summed E-state index contributed by atoms with van der Waals surface area (Å²) < 4.78 is 4.55. The summed E-state index contributed by atoms with van der Waals surface area (Å²) in [5.74, 6) is -0.424. The van der Waals surface area contributed by atoms with Gasteiger partial charge in [-0.25, -0.2) is 0 Å². The highest BCUT2D eigenvalue weighted by Gasteiger charge is 2.20. The van der Waals surface area contributed by atoms with Gasteiger partial charge < -0.3 is 15.6 Å². The molecule has 0 saturated carbocycles. The zero-order valence-electron chi connectivity index (χ0n) is 10.7. The highest BCUT2D eigenvalue weighted by atomic mass is 16.5. The summed E-state index contributed by atoms with van der Waals surface area (Å²) in [6, 6.07) is 12.8. The molecule has 0 bridgehead atoms. The number of esters is 1. The fraction of sp³-hybridized carbons (Fsp3) is 0.267. The number of nitrogens with two attached hydrogens (primary N) is 1. The van der Waals surface area contributed by atoms with Crippen LogP contribution in [-0.4, -0.2) is 24.2 Å². The zero-order valence-corrected chi connectivity index (χ0v) is 10.7. The number of aliphatic hydroxyl groups is 1. The summed E-state index contributed by atoms with van der Waals surface area (Å²) in [5.41, 5.74) is 6.52. The zero-order chi connectivity index (χ0) is 13.8. The minimum absolute atomic E-state index is 0.00943. The molecular weight excluding hydrogens is 242 g/mol. The SMILES string of the molecule is COC(=O)CC(N)C(O)c1ccc2ccccc2c1. The van der Waals surface area contributed by atoms with E-state index in [-0.39, 0.29) is 6.42 Å². The number of ether oxygens (including phenoxy) is 1.